The van der Waals surface area contributed by atoms with E-state index in [1.165, 1.54) is 59.8 Å². The van der Waals surface area contributed by atoms with Gasteiger partial charge in [0, 0.05) is 31.1 Å². The van der Waals surface area contributed by atoms with E-state index in [0.717, 1.165) is 12.1 Å². The van der Waals surface area contributed by atoms with Gasteiger partial charge in [-0.1, -0.05) is 12.1 Å². The fraction of sp³-hybridized carbons (Fsp3) is 0.150. The van der Waals surface area contributed by atoms with E-state index in [4.69, 9.17) is 0 Å². The van der Waals surface area contributed by atoms with Crippen molar-refractivity contribution >= 4 is 33.5 Å². The van der Waals surface area contributed by atoms with E-state index in [1.807, 2.05) is 0 Å². The number of anilines is 1. The summed E-state index contributed by atoms with van der Waals surface area (Å²) in [4.78, 5) is 31.9. The van der Waals surface area contributed by atoms with Crippen LogP contribution in [-0.2, 0) is 12.7 Å². The molecule has 1 heterocycles. The van der Waals surface area contributed by atoms with E-state index < -0.39 is 22.6 Å². The van der Waals surface area contributed by atoms with Gasteiger partial charge in [-0.15, -0.1) is 0 Å². The average molecular weight is 510 g/mol. The lowest BCUT2D eigenvalue weighted by Gasteiger charge is -2.32. The summed E-state index contributed by atoms with van der Waals surface area (Å²) in [7, 11) is 1.53. The molecule has 0 aliphatic rings. The number of nitro benzene ring substituents is 1. The number of nitrogens with zero attached hydrogens (tertiary/aromatic N) is 5. The van der Waals surface area contributed by atoms with Crippen LogP contribution in [0.5, 0.6) is 0 Å². The second-order valence-corrected chi connectivity index (χ2v) is 7.41. The van der Waals surface area contributed by atoms with Crippen molar-refractivity contribution < 1.29 is 22.9 Å². The number of nitro groups is 1. The zero-order valence-electron chi connectivity index (χ0n) is 16.5. The summed E-state index contributed by atoms with van der Waals surface area (Å²) in [5.74, 6) is -0.385. The van der Waals surface area contributed by atoms with Gasteiger partial charge in [-0.2, -0.15) is 13.2 Å². The SMILES string of the molecule is CN(c1ncccn1)N(Cc1ccc(C(F)(F)F)cc1)C(=O)c1ccc([N+](=O)[O-])c(Br)c1. The number of halogens is 4. The van der Waals surface area contributed by atoms with Crippen LogP contribution >= 0.6 is 15.9 Å². The van der Waals surface area contributed by atoms with Crippen LogP contribution in [0.3, 0.4) is 0 Å². The van der Waals surface area contributed by atoms with Crippen LogP contribution in [0.25, 0.3) is 0 Å². The van der Waals surface area contributed by atoms with Crippen molar-refractivity contribution in [3.8, 4) is 0 Å². The molecule has 0 radical (unpaired) electrons. The lowest BCUT2D eigenvalue weighted by Crippen LogP contribution is -2.44. The van der Waals surface area contributed by atoms with Gasteiger partial charge in [-0.05, 0) is 51.8 Å². The third-order valence-electron chi connectivity index (χ3n) is 4.44. The van der Waals surface area contributed by atoms with Gasteiger partial charge in [0.2, 0.25) is 5.95 Å². The van der Waals surface area contributed by atoms with E-state index in [0.29, 0.717) is 5.56 Å². The lowest BCUT2D eigenvalue weighted by molar-refractivity contribution is -0.385. The van der Waals surface area contributed by atoms with E-state index in [1.54, 1.807) is 6.07 Å². The Bertz CT molecular complexity index is 1130. The molecule has 32 heavy (non-hydrogen) atoms. The van der Waals surface area contributed by atoms with Gasteiger partial charge in [0.1, 0.15) is 0 Å². The Morgan fingerprint density at radius 2 is 1.75 bits per heavy atom. The van der Waals surface area contributed by atoms with Crippen LogP contribution in [-0.4, -0.2) is 32.9 Å². The van der Waals surface area contributed by atoms with Gasteiger partial charge in [0.25, 0.3) is 11.6 Å². The van der Waals surface area contributed by atoms with Crippen LogP contribution < -0.4 is 5.01 Å². The molecule has 3 aromatic rings. The van der Waals surface area contributed by atoms with E-state index in [9.17, 15) is 28.1 Å². The van der Waals surface area contributed by atoms with Crippen molar-refractivity contribution in [3.63, 3.8) is 0 Å². The number of aromatic nitrogens is 2. The van der Waals surface area contributed by atoms with Crippen LogP contribution in [0.2, 0.25) is 0 Å². The highest BCUT2D eigenvalue weighted by Gasteiger charge is 2.30. The van der Waals surface area contributed by atoms with Gasteiger partial charge in [-0.3, -0.25) is 19.9 Å². The molecule has 12 heteroatoms. The quantitative estimate of drug-likeness (QED) is 0.348. The Hall–Kier alpha value is -3.54. The summed E-state index contributed by atoms with van der Waals surface area (Å²) >= 11 is 3.08. The number of amides is 1. The average Bonchev–Trinajstić information content (AvgIpc) is 2.76. The van der Waals surface area contributed by atoms with E-state index >= 15 is 0 Å². The third-order valence-corrected chi connectivity index (χ3v) is 5.08. The van der Waals surface area contributed by atoms with Gasteiger partial charge in [0.15, 0.2) is 0 Å². The zero-order valence-corrected chi connectivity index (χ0v) is 18.0. The molecule has 0 N–H and O–H groups in total. The minimum absolute atomic E-state index is 0.0969. The predicted octanol–water partition coefficient (Wildman–Crippen LogP) is 4.86. The molecular formula is C20H15BrF3N5O3. The number of benzene rings is 2. The number of rotatable bonds is 6. The first-order valence-corrected chi connectivity index (χ1v) is 9.80. The molecule has 3 rings (SSSR count). The molecule has 0 aliphatic carbocycles. The molecule has 1 amide bonds. The zero-order chi connectivity index (χ0) is 23.5. The minimum atomic E-state index is -4.48. The molecule has 0 unspecified atom stereocenters. The molecule has 1 aromatic heterocycles. The molecule has 0 saturated carbocycles. The van der Waals surface area contributed by atoms with Gasteiger partial charge < -0.3 is 0 Å². The normalized spacial score (nSPS) is 11.2. The predicted molar refractivity (Wildman–Crippen MR) is 113 cm³/mol. The van der Waals surface area contributed by atoms with Crippen molar-refractivity contribution in [2.75, 3.05) is 12.1 Å². The van der Waals surface area contributed by atoms with E-state index in [-0.39, 0.29) is 28.2 Å². The highest BCUT2D eigenvalue weighted by molar-refractivity contribution is 9.10. The molecular weight excluding hydrogens is 495 g/mol. The Kier molecular flexibility index (Phi) is 6.72. The summed E-state index contributed by atoms with van der Waals surface area (Å²) in [6.07, 6.45) is -1.53. The maximum atomic E-state index is 13.3. The molecule has 0 fully saturated rings. The molecule has 0 saturated heterocycles. The summed E-state index contributed by atoms with van der Waals surface area (Å²) < 4.78 is 38.7. The van der Waals surface area contributed by atoms with Gasteiger partial charge in [-0.25, -0.2) is 15.0 Å². The van der Waals surface area contributed by atoms with Crippen LogP contribution in [0.15, 0.2) is 65.4 Å². The smallest absolute Gasteiger partial charge is 0.267 e. The fourth-order valence-corrected chi connectivity index (χ4v) is 3.31. The maximum Gasteiger partial charge on any atom is 0.416 e. The molecule has 8 nitrogen and oxygen atoms in total. The number of hydrazine groups is 1. The summed E-state index contributed by atoms with van der Waals surface area (Å²) in [6, 6.07) is 9.78. The number of carbonyl (C=O) groups is 1. The molecule has 2 aromatic carbocycles. The van der Waals surface area contributed by atoms with Crippen LogP contribution in [0.1, 0.15) is 21.5 Å². The molecule has 0 aliphatic heterocycles. The standard InChI is InChI=1S/C20H15BrF3N5O3/c1-27(19-25-9-2-10-26-19)28(12-13-3-6-15(7-4-13)20(22,23)24)18(30)14-5-8-17(29(31)32)16(21)11-14/h2-11H,12H2,1H3. The maximum absolute atomic E-state index is 13.3. The first kappa shape index (κ1) is 23.1. The Labute approximate surface area is 188 Å². The van der Waals surface area contributed by atoms with Crippen molar-refractivity contribution in [1.29, 1.82) is 0 Å². The first-order chi connectivity index (χ1) is 15.1. The largest absolute Gasteiger partial charge is 0.416 e. The highest BCUT2D eigenvalue weighted by Crippen LogP contribution is 2.30. The second kappa shape index (κ2) is 9.30. The monoisotopic (exact) mass is 509 g/mol. The molecule has 166 valence electrons. The first-order valence-electron chi connectivity index (χ1n) is 9.00. The summed E-state index contributed by atoms with van der Waals surface area (Å²) in [5, 5.41) is 13.6. The Morgan fingerprint density at radius 1 is 1.12 bits per heavy atom. The van der Waals surface area contributed by atoms with Gasteiger partial charge in [0.05, 0.1) is 21.5 Å². The van der Waals surface area contributed by atoms with Crippen molar-refractivity contribution in [1.82, 2.24) is 15.0 Å². The lowest BCUT2D eigenvalue weighted by atomic mass is 10.1. The number of alkyl halides is 3. The van der Waals surface area contributed by atoms with E-state index in [2.05, 4.69) is 25.9 Å². The number of hydrogen-bond donors (Lipinski definition) is 0. The second-order valence-electron chi connectivity index (χ2n) is 6.55. The Morgan fingerprint density at radius 3 is 2.28 bits per heavy atom. The Balaban J connectivity index is 1.96. The van der Waals surface area contributed by atoms with Crippen molar-refractivity contribution in [2.45, 2.75) is 12.7 Å². The molecule has 0 atom stereocenters. The van der Waals surface area contributed by atoms with Crippen molar-refractivity contribution in [2.24, 2.45) is 0 Å². The molecule has 0 bridgehead atoms. The third kappa shape index (κ3) is 5.19. The van der Waals surface area contributed by atoms with Gasteiger partial charge >= 0.3 is 6.18 Å². The van der Waals surface area contributed by atoms with Crippen LogP contribution in [0, 0.1) is 10.1 Å². The number of hydrogen-bond acceptors (Lipinski definition) is 6. The van der Waals surface area contributed by atoms with Crippen LogP contribution in [0.4, 0.5) is 24.8 Å². The highest BCUT2D eigenvalue weighted by atomic mass is 79.9. The summed E-state index contributed by atoms with van der Waals surface area (Å²) in [6.45, 7) is -0.0969. The molecule has 0 spiro atoms. The number of carbonyl (C=O) groups excluding carboxylic acids is 1. The fourth-order valence-electron chi connectivity index (χ4n) is 2.79. The topological polar surface area (TPSA) is 92.5 Å². The van der Waals surface area contributed by atoms with Crippen molar-refractivity contribution in [3.05, 3.63) is 92.2 Å². The minimum Gasteiger partial charge on any atom is -0.267 e. The summed E-state index contributed by atoms with van der Waals surface area (Å²) in [5.41, 5.74) is -0.471.